The first kappa shape index (κ1) is 12.6. The fourth-order valence-electron chi connectivity index (χ4n) is 1.43. The fraction of sp³-hybridized carbons (Fsp3) is 0.231. The molecule has 2 heterocycles. The van der Waals surface area contributed by atoms with Crippen LogP contribution in [-0.4, -0.2) is 25.1 Å². The molecule has 0 bridgehead atoms. The molecule has 2 rings (SSSR count). The van der Waals surface area contributed by atoms with Gasteiger partial charge in [0.25, 0.3) is 0 Å². The number of hydrogen-bond donors (Lipinski definition) is 0. The van der Waals surface area contributed by atoms with E-state index in [4.69, 9.17) is 4.74 Å². The van der Waals surface area contributed by atoms with Gasteiger partial charge in [0, 0.05) is 20.2 Å². The average molecular weight is 263 g/mol. The number of pyridine rings is 1. The van der Waals surface area contributed by atoms with Crippen LogP contribution in [0, 0.1) is 0 Å². The van der Waals surface area contributed by atoms with Crippen LogP contribution in [0.5, 0.6) is 5.75 Å². The third-order valence-corrected chi connectivity index (χ3v) is 3.18. The Morgan fingerprint density at radius 2 is 2.22 bits per heavy atom. The molecule has 0 aliphatic heterocycles. The van der Waals surface area contributed by atoms with Crippen molar-refractivity contribution in [3.63, 3.8) is 0 Å². The zero-order chi connectivity index (χ0) is 13.0. The summed E-state index contributed by atoms with van der Waals surface area (Å²) in [6, 6.07) is 7.74. The minimum Gasteiger partial charge on any atom is -0.404 e. The van der Waals surface area contributed by atoms with Crippen LogP contribution in [-0.2, 0) is 6.54 Å². The van der Waals surface area contributed by atoms with Gasteiger partial charge >= 0.3 is 6.09 Å². The smallest absolute Gasteiger partial charge is 0.404 e. The van der Waals surface area contributed by atoms with Gasteiger partial charge in [-0.25, -0.2) is 4.79 Å². The van der Waals surface area contributed by atoms with Gasteiger partial charge in [0.2, 0.25) is 6.20 Å². The summed E-state index contributed by atoms with van der Waals surface area (Å²) in [5, 5.41) is 2.05. The maximum Gasteiger partial charge on any atom is 0.414 e. The molecule has 0 unspecified atom stereocenters. The zero-order valence-electron chi connectivity index (χ0n) is 10.4. The van der Waals surface area contributed by atoms with E-state index in [-0.39, 0.29) is 6.09 Å². The molecule has 0 saturated carbocycles. The lowest BCUT2D eigenvalue weighted by Crippen LogP contribution is -2.33. The van der Waals surface area contributed by atoms with Gasteiger partial charge in [-0.3, -0.25) is 0 Å². The molecular formula is C13H15N2O2S+. The van der Waals surface area contributed by atoms with E-state index >= 15 is 0 Å². The number of hydrogen-bond acceptors (Lipinski definition) is 3. The van der Waals surface area contributed by atoms with E-state index in [0.717, 1.165) is 6.54 Å². The van der Waals surface area contributed by atoms with Gasteiger partial charge in [-0.1, -0.05) is 6.07 Å². The highest BCUT2D eigenvalue weighted by Gasteiger charge is 2.10. The average Bonchev–Trinajstić information content (AvgIpc) is 2.82. The van der Waals surface area contributed by atoms with Crippen LogP contribution in [0.25, 0.3) is 0 Å². The fourth-order valence-corrected chi connectivity index (χ4v) is 2.14. The monoisotopic (exact) mass is 263 g/mol. The van der Waals surface area contributed by atoms with Crippen LogP contribution in [0.1, 0.15) is 4.88 Å². The van der Waals surface area contributed by atoms with Crippen molar-refractivity contribution in [3.05, 3.63) is 46.9 Å². The summed E-state index contributed by atoms with van der Waals surface area (Å²) in [7, 11) is 3.32. The summed E-state index contributed by atoms with van der Waals surface area (Å²) in [4.78, 5) is 14.1. The molecule has 5 heteroatoms. The van der Waals surface area contributed by atoms with Crippen molar-refractivity contribution in [2.75, 3.05) is 14.1 Å². The lowest BCUT2D eigenvalue weighted by atomic mass is 10.4. The highest BCUT2D eigenvalue weighted by Crippen LogP contribution is 2.10. The summed E-state index contributed by atoms with van der Waals surface area (Å²) >= 11 is 1.71. The van der Waals surface area contributed by atoms with Gasteiger partial charge < -0.3 is 9.64 Å². The van der Waals surface area contributed by atoms with Crippen LogP contribution >= 0.6 is 11.3 Å². The van der Waals surface area contributed by atoms with Crippen LogP contribution in [0.15, 0.2) is 42.0 Å². The van der Waals surface area contributed by atoms with Gasteiger partial charge in [-0.05, 0) is 17.5 Å². The summed E-state index contributed by atoms with van der Waals surface area (Å²) in [5.41, 5.74) is 0. The first-order chi connectivity index (χ1) is 8.65. The molecule has 0 fully saturated rings. The number of rotatable bonds is 3. The highest BCUT2D eigenvalue weighted by molar-refractivity contribution is 7.09. The molecule has 0 aromatic carbocycles. The molecule has 0 saturated heterocycles. The number of nitrogens with zero attached hydrogens (tertiary/aromatic N) is 2. The molecule has 0 aliphatic rings. The predicted octanol–water partition coefficient (Wildman–Crippen LogP) is 2.14. The highest BCUT2D eigenvalue weighted by atomic mass is 32.1. The van der Waals surface area contributed by atoms with Crippen molar-refractivity contribution in [2.24, 2.45) is 0 Å². The van der Waals surface area contributed by atoms with Crippen LogP contribution < -0.4 is 9.30 Å². The van der Waals surface area contributed by atoms with E-state index in [2.05, 4.69) is 6.07 Å². The van der Waals surface area contributed by atoms with Gasteiger partial charge in [0.1, 0.15) is 0 Å². The predicted molar refractivity (Wildman–Crippen MR) is 69.8 cm³/mol. The SMILES string of the molecule is CN(C)C(=O)Oc1ccc[n+](Cc2cccs2)c1. The molecule has 0 atom stereocenters. The lowest BCUT2D eigenvalue weighted by molar-refractivity contribution is -0.688. The van der Waals surface area contributed by atoms with E-state index in [1.165, 1.54) is 9.78 Å². The standard InChI is InChI=1S/C13H15N2O2S/c1-14(2)13(16)17-11-5-3-7-15(9-11)10-12-6-4-8-18-12/h3-9H,10H2,1-2H3/q+1. The zero-order valence-corrected chi connectivity index (χ0v) is 11.2. The second-order valence-electron chi connectivity index (χ2n) is 4.05. The number of carbonyl (C=O) groups excluding carboxylic acids is 1. The Labute approximate surface area is 110 Å². The van der Waals surface area contributed by atoms with Gasteiger partial charge in [0.05, 0.1) is 4.88 Å². The third-order valence-electron chi connectivity index (χ3n) is 2.32. The summed E-state index contributed by atoms with van der Waals surface area (Å²) < 4.78 is 7.20. The molecule has 0 spiro atoms. The number of thiophene rings is 1. The Morgan fingerprint density at radius 3 is 2.89 bits per heavy atom. The maximum absolute atomic E-state index is 11.4. The first-order valence-corrected chi connectivity index (χ1v) is 6.44. The summed E-state index contributed by atoms with van der Waals surface area (Å²) in [6.07, 6.45) is 3.40. The molecule has 0 radical (unpaired) electrons. The molecule has 0 N–H and O–H groups in total. The number of ether oxygens (including phenoxy) is 1. The van der Waals surface area contributed by atoms with Crippen LogP contribution in [0.3, 0.4) is 0 Å². The van der Waals surface area contributed by atoms with E-state index < -0.39 is 0 Å². The second-order valence-corrected chi connectivity index (χ2v) is 5.09. The Bertz CT molecular complexity index is 524. The Kier molecular flexibility index (Phi) is 3.94. The van der Waals surface area contributed by atoms with Crippen molar-refractivity contribution < 1.29 is 14.1 Å². The molecule has 4 nitrogen and oxygen atoms in total. The minimum atomic E-state index is -0.371. The second kappa shape index (κ2) is 5.64. The number of amides is 1. The van der Waals surface area contributed by atoms with Gasteiger partial charge in [-0.2, -0.15) is 4.57 Å². The van der Waals surface area contributed by atoms with Crippen molar-refractivity contribution >= 4 is 17.4 Å². The minimum absolute atomic E-state index is 0.371. The first-order valence-electron chi connectivity index (χ1n) is 5.56. The normalized spacial score (nSPS) is 10.1. The number of aromatic nitrogens is 1. The Hall–Kier alpha value is -1.88. The number of carbonyl (C=O) groups is 1. The molecule has 2 aromatic heterocycles. The maximum atomic E-state index is 11.4. The topological polar surface area (TPSA) is 33.4 Å². The van der Waals surface area contributed by atoms with Crippen LogP contribution in [0.4, 0.5) is 4.79 Å². The summed E-state index contributed by atoms with van der Waals surface area (Å²) in [5.74, 6) is 0.549. The van der Waals surface area contributed by atoms with Crippen molar-refractivity contribution in [3.8, 4) is 5.75 Å². The van der Waals surface area contributed by atoms with Crippen molar-refractivity contribution in [2.45, 2.75) is 6.54 Å². The van der Waals surface area contributed by atoms with E-state index in [1.54, 1.807) is 31.5 Å². The molecule has 2 aromatic rings. The van der Waals surface area contributed by atoms with Crippen molar-refractivity contribution in [1.82, 2.24) is 4.90 Å². The van der Waals surface area contributed by atoms with Crippen LogP contribution in [0.2, 0.25) is 0 Å². The quantitative estimate of drug-likeness (QED) is 0.795. The third kappa shape index (κ3) is 3.30. The largest absolute Gasteiger partial charge is 0.414 e. The van der Waals surface area contributed by atoms with E-state index in [9.17, 15) is 4.79 Å². The van der Waals surface area contributed by atoms with E-state index in [1.807, 2.05) is 34.5 Å². The lowest BCUT2D eigenvalue weighted by Gasteiger charge is -2.09. The molecular weight excluding hydrogens is 248 g/mol. The molecule has 1 amide bonds. The van der Waals surface area contributed by atoms with Gasteiger partial charge in [-0.15, -0.1) is 11.3 Å². The Morgan fingerprint density at radius 1 is 1.39 bits per heavy atom. The van der Waals surface area contributed by atoms with E-state index in [0.29, 0.717) is 5.75 Å². The summed E-state index contributed by atoms with van der Waals surface area (Å²) in [6.45, 7) is 0.783. The van der Waals surface area contributed by atoms with Gasteiger partial charge in [0.15, 0.2) is 18.5 Å². The Balaban J connectivity index is 2.08. The van der Waals surface area contributed by atoms with Crippen molar-refractivity contribution in [1.29, 1.82) is 0 Å². The molecule has 94 valence electrons. The molecule has 0 aliphatic carbocycles. The molecule has 18 heavy (non-hydrogen) atoms.